The van der Waals surface area contributed by atoms with E-state index in [0.717, 1.165) is 5.92 Å². The standard InChI is InChI=1S/C11H24N2/c1-9-6-10(12-5)8-13(7-9)11(2,3)4/h9-10,12H,6-8H2,1-5H3. The summed E-state index contributed by atoms with van der Waals surface area (Å²) in [7, 11) is 2.07. The van der Waals surface area contributed by atoms with Gasteiger partial charge in [0, 0.05) is 24.7 Å². The molecule has 1 N–H and O–H groups in total. The molecule has 2 heteroatoms. The summed E-state index contributed by atoms with van der Waals surface area (Å²) >= 11 is 0. The third-order valence-electron chi connectivity index (χ3n) is 3.02. The lowest BCUT2D eigenvalue weighted by atomic mass is 9.92. The molecule has 13 heavy (non-hydrogen) atoms. The lowest BCUT2D eigenvalue weighted by molar-refractivity contribution is 0.0661. The molecule has 0 amide bonds. The minimum absolute atomic E-state index is 0.323. The summed E-state index contributed by atoms with van der Waals surface area (Å²) in [6.45, 7) is 11.7. The second-order valence-electron chi connectivity index (χ2n) is 5.40. The highest BCUT2D eigenvalue weighted by atomic mass is 15.2. The maximum absolute atomic E-state index is 3.39. The van der Waals surface area contributed by atoms with Crippen molar-refractivity contribution >= 4 is 0 Å². The molecule has 78 valence electrons. The summed E-state index contributed by atoms with van der Waals surface area (Å²) in [5.74, 6) is 0.824. The minimum Gasteiger partial charge on any atom is -0.316 e. The molecule has 2 unspecified atom stereocenters. The van der Waals surface area contributed by atoms with Crippen LogP contribution in [-0.4, -0.2) is 36.6 Å². The zero-order chi connectivity index (χ0) is 10.1. The van der Waals surface area contributed by atoms with Crippen molar-refractivity contribution in [2.24, 2.45) is 5.92 Å². The van der Waals surface area contributed by atoms with Gasteiger partial charge in [0.15, 0.2) is 0 Å². The van der Waals surface area contributed by atoms with Crippen molar-refractivity contribution in [3.63, 3.8) is 0 Å². The van der Waals surface area contributed by atoms with Crippen LogP contribution in [0, 0.1) is 5.92 Å². The molecule has 2 nitrogen and oxygen atoms in total. The number of nitrogens with one attached hydrogen (secondary N) is 1. The van der Waals surface area contributed by atoms with Crippen LogP contribution in [0.2, 0.25) is 0 Å². The Labute approximate surface area is 82.7 Å². The molecule has 1 saturated heterocycles. The summed E-state index contributed by atoms with van der Waals surface area (Å²) in [6.07, 6.45) is 1.32. The van der Waals surface area contributed by atoms with Gasteiger partial charge in [-0.1, -0.05) is 6.92 Å². The first kappa shape index (κ1) is 11.0. The van der Waals surface area contributed by atoms with Crippen molar-refractivity contribution in [3.8, 4) is 0 Å². The Kier molecular flexibility index (Phi) is 3.36. The van der Waals surface area contributed by atoms with Gasteiger partial charge in [-0.05, 0) is 40.2 Å². The van der Waals surface area contributed by atoms with Crippen molar-refractivity contribution in [1.82, 2.24) is 10.2 Å². The number of piperidine rings is 1. The van der Waals surface area contributed by atoms with Crippen LogP contribution in [0.25, 0.3) is 0 Å². The Morgan fingerprint density at radius 1 is 1.23 bits per heavy atom. The quantitative estimate of drug-likeness (QED) is 0.667. The van der Waals surface area contributed by atoms with E-state index in [0.29, 0.717) is 11.6 Å². The van der Waals surface area contributed by atoms with Crippen LogP contribution in [0.3, 0.4) is 0 Å². The van der Waals surface area contributed by atoms with Crippen molar-refractivity contribution in [1.29, 1.82) is 0 Å². The van der Waals surface area contributed by atoms with Crippen molar-refractivity contribution in [2.45, 2.75) is 45.7 Å². The van der Waals surface area contributed by atoms with Crippen LogP contribution in [0.4, 0.5) is 0 Å². The summed E-state index contributed by atoms with van der Waals surface area (Å²) in [4.78, 5) is 2.59. The Bertz CT molecular complexity index is 160. The molecule has 1 aliphatic rings. The van der Waals surface area contributed by atoms with E-state index in [9.17, 15) is 0 Å². The SMILES string of the molecule is CNC1CC(C)CN(C(C)(C)C)C1. The van der Waals surface area contributed by atoms with Crippen LogP contribution in [-0.2, 0) is 0 Å². The zero-order valence-corrected chi connectivity index (χ0v) is 9.72. The first-order valence-electron chi connectivity index (χ1n) is 5.36. The van der Waals surface area contributed by atoms with E-state index in [2.05, 4.69) is 45.0 Å². The molecular formula is C11H24N2. The summed E-state index contributed by atoms with van der Waals surface area (Å²) in [6, 6.07) is 0.683. The summed E-state index contributed by atoms with van der Waals surface area (Å²) in [5, 5.41) is 3.39. The van der Waals surface area contributed by atoms with Gasteiger partial charge in [0.1, 0.15) is 0 Å². The van der Waals surface area contributed by atoms with E-state index in [1.54, 1.807) is 0 Å². The predicted octanol–water partition coefficient (Wildman–Crippen LogP) is 1.71. The molecule has 1 heterocycles. The van der Waals surface area contributed by atoms with Crippen LogP contribution in [0.1, 0.15) is 34.1 Å². The molecular weight excluding hydrogens is 160 g/mol. The molecule has 0 aliphatic carbocycles. The average Bonchev–Trinajstić information content (AvgIpc) is 2.01. The van der Waals surface area contributed by atoms with E-state index in [1.165, 1.54) is 19.5 Å². The van der Waals surface area contributed by atoms with Crippen LogP contribution < -0.4 is 5.32 Å². The first-order valence-corrected chi connectivity index (χ1v) is 5.36. The predicted molar refractivity (Wildman–Crippen MR) is 58.0 cm³/mol. The fourth-order valence-electron chi connectivity index (χ4n) is 2.11. The highest BCUT2D eigenvalue weighted by molar-refractivity contribution is 4.87. The Morgan fingerprint density at radius 2 is 1.85 bits per heavy atom. The van der Waals surface area contributed by atoms with Gasteiger partial charge in [-0.15, -0.1) is 0 Å². The van der Waals surface area contributed by atoms with Crippen LogP contribution in [0.15, 0.2) is 0 Å². The van der Waals surface area contributed by atoms with Gasteiger partial charge in [0.25, 0.3) is 0 Å². The molecule has 0 bridgehead atoms. The van der Waals surface area contributed by atoms with Crippen molar-refractivity contribution in [2.75, 3.05) is 20.1 Å². The van der Waals surface area contributed by atoms with E-state index in [4.69, 9.17) is 0 Å². The Hall–Kier alpha value is -0.0800. The van der Waals surface area contributed by atoms with E-state index < -0.39 is 0 Å². The molecule has 0 spiro atoms. The zero-order valence-electron chi connectivity index (χ0n) is 9.72. The van der Waals surface area contributed by atoms with Gasteiger partial charge in [0.2, 0.25) is 0 Å². The summed E-state index contributed by atoms with van der Waals surface area (Å²) < 4.78 is 0. The molecule has 1 fully saturated rings. The smallest absolute Gasteiger partial charge is 0.0195 e. The third kappa shape index (κ3) is 2.96. The number of rotatable bonds is 1. The highest BCUT2D eigenvalue weighted by Crippen LogP contribution is 2.23. The molecule has 0 aromatic heterocycles. The number of nitrogens with zero attached hydrogens (tertiary/aromatic N) is 1. The Balaban J connectivity index is 2.57. The van der Waals surface area contributed by atoms with Gasteiger partial charge < -0.3 is 5.32 Å². The van der Waals surface area contributed by atoms with E-state index in [1.807, 2.05) is 0 Å². The van der Waals surface area contributed by atoms with Gasteiger partial charge in [0.05, 0.1) is 0 Å². The molecule has 1 aliphatic heterocycles. The molecule has 0 aromatic rings. The first-order chi connectivity index (χ1) is 5.93. The summed E-state index contributed by atoms with van der Waals surface area (Å²) in [5.41, 5.74) is 0.323. The molecule has 2 atom stereocenters. The van der Waals surface area contributed by atoms with Crippen molar-refractivity contribution in [3.05, 3.63) is 0 Å². The van der Waals surface area contributed by atoms with Crippen LogP contribution >= 0.6 is 0 Å². The monoisotopic (exact) mass is 184 g/mol. The van der Waals surface area contributed by atoms with Gasteiger partial charge >= 0.3 is 0 Å². The maximum atomic E-state index is 3.39. The minimum atomic E-state index is 0.323. The second-order valence-corrected chi connectivity index (χ2v) is 5.40. The van der Waals surface area contributed by atoms with Crippen LogP contribution in [0.5, 0.6) is 0 Å². The molecule has 1 rings (SSSR count). The third-order valence-corrected chi connectivity index (χ3v) is 3.02. The average molecular weight is 184 g/mol. The van der Waals surface area contributed by atoms with E-state index in [-0.39, 0.29) is 0 Å². The molecule has 0 saturated carbocycles. The van der Waals surface area contributed by atoms with Gasteiger partial charge in [-0.2, -0.15) is 0 Å². The molecule has 0 aromatic carbocycles. The highest BCUT2D eigenvalue weighted by Gasteiger charge is 2.30. The topological polar surface area (TPSA) is 15.3 Å². The number of likely N-dealkylation sites (N-methyl/N-ethyl adjacent to an activating group) is 1. The number of likely N-dealkylation sites (tertiary alicyclic amines) is 1. The Morgan fingerprint density at radius 3 is 2.31 bits per heavy atom. The van der Waals surface area contributed by atoms with Crippen molar-refractivity contribution < 1.29 is 0 Å². The maximum Gasteiger partial charge on any atom is 0.0195 e. The lowest BCUT2D eigenvalue weighted by Gasteiger charge is -2.44. The van der Waals surface area contributed by atoms with E-state index >= 15 is 0 Å². The number of hydrogen-bond donors (Lipinski definition) is 1. The fourth-order valence-corrected chi connectivity index (χ4v) is 2.11. The molecule has 0 radical (unpaired) electrons. The lowest BCUT2D eigenvalue weighted by Crippen LogP contribution is -2.54. The van der Waals surface area contributed by atoms with Gasteiger partial charge in [-0.25, -0.2) is 0 Å². The number of hydrogen-bond acceptors (Lipinski definition) is 2. The normalized spacial score (nSPS) is 32.1. The second kappa shape index (κ2) is 3.97. The fraction of sp³-hybridized carbons (Fsp3) is 1.00. The van der Waals surface area contributed by atoms with Gasteiger partial charge in [-0.3, -0.25) is 4.90 Å². The largest absolute Gasteiger partial charge is 0.316 e.